The van der Waals surface area contributed by atoms with E-state index in [9.17, 15) is 0 Å². The molecule has 2 nitrogen and oxygen atoms in total. The lowest BCUT2D eigenvalue weighted by atomic mass is 9.98. The Kier molecular flexibility index (Phi) is 4.15. The van der Waals surface area contributed by atoms with Gasteiger partial charge in [-0.25, -0.2) is 0 Å². The Morgan fingerprint density at radius 1 is 1.00 bits per heavy atom. The van der Waals surface area contributed by atoms with Gasteiger partial charge in [0, 0.05) is 16.9 Å². The van der Waals surface area contributed by atoms with Crippen molar-refractivity contribution in [1.29, 1.82) is 0 Å². The van der Waals surface area contributed by atoms with E-state index >= 15 is 0 Å². The van der Waals surface area contributed by atoms with Crippen LogP contribution in [0.25, 0.3) is 0 Å². The van der Waals surface area contributed by atoms with E-state index in [1.807, 2.05) is 19.4 Å². The average molecular weight is 305 g/mol. The maximum atomic E-state index is 4.27. The third kappa shape index (κ3) is 2.98. The van der Waals surface area contributed by atoms with Gasteiger partial charge in [0.15, 0.2) is 0 Å². The summed E-state index contributed by atoms with van der Waals surface area (Å²) >= 11 is 3.55. The molecule has 1 heterocycles. The number of halogens is 1. The first-order valence-corrected chi connectivity index (χ1v) is 6.75. The number of rotatable bonds is 3. The normalized spacial score (nSPS) is 12.4. The second-order valence-corrected chi connectivity index (χ2v) is 5.49. The van der Waals surface area contributed by atoms with Gasteiger partial charge < -0.3 is 5.32 Å². The first-order chi connectivity index (χ1) is 8.60. The number of nitrogens with zero attached hydrogens (tertiary/aromatic N) is 1. The number of hydrogen-bond donors (Lipinski definition) is 1. The van der Waals surface area contributed by atoms with Gasteiger partial charge in [-0.2, -0.15) is 0 Å². The van der Waals surface area contributed by atoms with Crippen LogP contribution < -0.4 is 5.32 Å². The highest BCUT2D eigenvalue weighted by molar-refractivity contribution is 9.10. The van der Waals surface area contributed by atoms with E-state index in [0.29, 0.717) is 0 Å². The summed E-state index contributed by atoms with van der Waals surface area (Å²) in [6, 6.07) is 8.81. The quantitative estimate of drug-likeness (QED) is 0.933. The van der Waals surface area contributed by atoms with Gasteiger partial charge in [-0.3, -0.25) is 4.98 Å². The van der Waals surface area contributed by atoms with Gasteiger partial charge in [-0.05, 0) is 55.3 Å². The molecule has 18 heavy (non-hydrogen) atoms. The van der Waals surface area contributed by atoms with Gasteiger partial charge in [-0.1, -0.05) is 28.1 Å². The molecule has 0 radical (unpaired) electrons. The molecule has 0 saturated carbocycles. The van der Waals surface area contributed by atoms with Crippen LogP contribution >= 0.6 is 15.9 Å². The van der Waals surface area contributed by atoms with Crippen molar-refractivity contribution in [2.45, 2.75) is 19.9 Å². The Labute approximate surface area is 117 Å². The zero-order valence-corrected chi connectivity index (χ0v) is 12.5. The molecule has 2 aromatic rings. The third-order valence-electron chi connectivity index (χ3n) is 2.92. The van der Waals surface area contributed by atoms with Gasteiger partial charge in [-0.15, -0.1) is 0 Å². The van der Waals surface area contributed by atoms with Gasteiger partial charge >= 0.3 is 0 Å². The van der Waals surface area contributed by atoms with E-state index in [0.717, 1.165) is 4.47 Å². The monoisotopic (exact) mass is 304 g/mol. The van der Waals surface area contributed by atoms with Gasteiger partial charge in [0.1, 0.15) is 0 Å². The number of hydrogen-bond acceptors (Lipinski definition) is 2. The zero-order valence-electron chi connectivity index (χ0n) is 10.9. The molecule has 2 rings (SSSR count). The molecule has 0 saturated heterocycles. The Balaban J connectivity index is 2.45. The van der Waals surface area contributed by atoms with Crippen LogP contribution in [-0.2, 0) is 0 Å². The lowest BCUT2D eigenvalue weighted by molar-refractivity contribution is 0.687. The van der Waals surface area contributed by atoms with Crippen molar-refractivity contribution in [2.24, 2.45) is 0 Å². The molecule has 0 aliphatic carbocycles. The maximum absolute atomic E-state index is 4.27. The van der Waals surface area contributed by atoms with Crippen molar-refractivity contribution in [1.82, 2.24) is 10.3 Å². The molecule has 0 fully saturated rings. The fourth-order valence-corrected chi connectivity index (χ4v) is 2.82. The van der Waals surface area contributed by atoms with E-state index in [4.69, 9.17) is 0 Å². The Morgan fingerprint density at radius 2 is 1.72 bits per heavy atom. The first-order valence-electron chi connectivity index (χ1n) is 5.96. The van der Waals surface area contributed by atoms with Crippen LogP contribution in [-0.4, -0.2) is 12.0 Å². The zero-order chi connectivity index (χ0) is 13.1. The summed E-state index contributed by atoms with van der Waals surface area (Å²) in [5.41, 5.74) is 4.87. The second-order valence-electron chi connectivity index (χ2n) is 4.58. The van der Waals surface area contributed by atoms with Crippen molar-refractivity contribution in [2.75, 3.05) is 7.05 Å². The molecule has 1 aromatic heterocycles. The highest BCUT2D eigenvalue weighted by Crippen LogP contribution is 2.25. The predicted octanol–water partition coefficient (Wildman–Crippen LogP) is 3.77. The summed E-state index contributed by atoms with van der Waals surface area (Å²) in [7, 11) is 1.98. The van der Waals surface area contributed by atoms with E-state index in [1.54, 1.807) is 0 Å². The molecule has 94 valence electrons. The molecule has 0 amide bonds. The van der Waals surface area contributed by atoms with Crippen molar-refractivity contribution < 1.29 is 0 Å². The van der Waals surface area contributed by atoms with Crippen LogP contribution in [0.5, 0.6) is 0 Å². The summed E-state index contributed by atoms with van der Waals surface area (Å²) in [6.07, 6.45) is 3.80. The standard InChI is InChI=1S/C15H17BrN2/c1-10-4-12(7-14(16)6-10)15(17-3)13-5-11(2)8-18-9-13/h4-9,15,17H,1-3H3. The van der Waals surface area contributed by atoms with Crippen LogP contribution in [0.2, 0.25) is 0 Å². The summed E-state index contributed by atoms with van der Waals surface area (Å²) in [4.78, 5) is 4.27. The molecular weight excluding hydrogens is 288 g/mol. The Bertz CT molecular complexity index is 532. The third-order valence-corrected chi connectivity index (χ3v) is 3.37. The maximum Gasteiger partial charge on any atom is 0.0590 e. The van der Waals surface area contributed by atoms with Crippen molar-refractivity contribution in [3.05, 3.63) is 63.4 Å². The molecule has 0 spiro atoms. The average Bonchev–Trinajstić information content (AvgIpc) is 2.28. The summed E-state index contributed by atoms with van der Waals surface area (Å²) in [5.74, 6) is 0. The second kappa shape index (κ2) is 5.63. The van der Waals surface area contributed by atoms with E-state index < -0.39 is 0 Å². The lowest BCUT2D eigenvalue weighted by Crippen LogP contribution is -2.18. The molecule has 1 N–H and O–H groups in total. The lowest BCUT2D eigenvalue weighted by Gasteiger charge is -2.18. The molecule has 0 aliphatic heterocycles. The van der Waals surface area contributed by atoms with Crippen molar-refractivity contribution in [3.8, 4) is 0 Å². The SMILES string of the molecule is CNC(c1cncc(C)c1)c1cc(C)cc(Br)c1. The molecule has 1 aromatic carbocycles. The Hall–Kier alpha value is -1.19. The topological polar surface area (TPSA) is 24.9 Å². The Morgan fingerprint density at radius 3 is 2.33 bits per heavy atom. The summed E-state index contributed by atoms with van der Waals surface area (Å²) in [6.45, 7) is 4.17. The van der Waals surface area contributed by atoms with E-state index in [2.05, 4.69) is 64.3 Å². The molecule has 1 unspecified atom stereocenters. The van der Waals surface area contributed by atoms with Gasteiger partial charge in [0.2, 0.25) is 0 Å². The minimum atomic E-state index is 0.175. The number of benzene rings is 1. The highest BCUT2D eigenvalue weighted by atomic mass is 79.9. The summed E-state index contributed by atoms with van der Waals surface area (Å²) < 4.78 is 1.11. The predicted molar refractivity (Wildman–Crippen MR) is 78.8 cm³/mol. The number of nitrogens with one attached hydrogen (secondary N) is 1. The first kappa shape index (κ1) is 13.2. The molecular formula is C15H17BrN2. The largest absolute Gasteiger partial charge is 0.309 e. The number of pyridine rings is 1. The smallest absolute Gasteiger partial charge is 0.0590 e. The van der Waals surface area contributed by atoms with Crippen LogP contribution in [0, 0.1) is 13.8 Å². The van der Waals surface area contributed by atoms with Crippen molar-refractivity contribution >= 4 is 15.9 Å². The highest BCUT2D eigenvalue weighted by Gasteiger charge is 2.13. The minimum Gasteiger partial charge on any atom is -0.309 e. The van der Waals surface area contributed by atoms with Crippen LogP contribution in [0.3, 0.4) is 0 Å². The van der Waals surface area contributed by atoms with E-state index in [-0.39, 0.29) is 6.04 Å². The van der Waals surface area contributed by atoms with Gasteiger partial charge in [0.25, 0.3) is 0 Å². The molecule has 0 aliphatic rings. The fraction of sp³-hybridized carbons (Fsp3) is 0.267. The van der Waals surface area contributed by atoms with Crippen LogP contribution in [0.1, 0.15) is 28.3 Å². The van der Waals surface area contributed by atoms with Crippen LogP contribution in [0.4, 0.5) is 0 Å². The molecule has 3 heteroatoms. The molecule has 0 bridgehead atoms. The van der Waals surface area contributed by atoms with Gasteiger partial charge in [0.05, 0.1) is 6.04 Å². The summed E-state index contributed by atoms with van der Waals surface area (Å²) in [5, 5.41) is 3.36. The van der Waals surface area contributed by atoms with Crippen LogP contribution in [0.15, 0.2) is 41.1 Å². The number of aromatic nitrogens is 1. The van der Waals surface area contributed by atoms with E-state index in [1.165, 1.54) is 22.3 Å². The fourth-order valence-electron chi connectivity index (χ4n) is 2.19. The number of aryl methyl sites for hydroxylation is 2. The molecule has 1 atom stereocenters. The van der Waals surface area contributed by atoms with Crippen molar-refractivity contribution in [3.63, 3.8) is 0 Å². The minimum absolute atomic E-state index is 0.175.